The smallest absolute Gasteiger partial charge is 0.330 e. The Bertz CT molecular complexity index is 2280. The van der Waals surface area contributed by atoms with Crippen LogP contribution in [0.4, 0.5) is 0 Å². The zero-order chi connectivity index (χ0) is 39.2. The van der Waals surface area contributed by atoms with Gasteiger partial charge in [0, 0.05) is 11.8 Å². The summed E-state index contributed by atoms with van der Waals surface area (Å²) >= 11 is 0. The average Bonchev–Trinajstić information content (AvgIpc) is 3.58. The number of rotatable bonds is 13. The van der Waals surface area contributed by atoms with Gasteiger partial charge < -0.3 is 19.3 Å². The molecule has 1 fully saturated rings. The van der Waals surface area contributed by atoms with Crippen molar-refractivity contribution in [3.63, 3.8) is 0 Å². The first-order valence-electron chi connectivity index (χ1n) is 19.3. The van der Waals surface area contributed by atoms with Crippen molar-refractivity contribution >= 4 is 0 Å². The van der Waals surface area contributed by atoms with Crippen LogP contribution < -0.4 is 11.2 Å². The number of hydrogen-bond acceptors (Lipinski definition) is 6. The maximum atomic E-state index is 13.8. The molecule has 8 nitrogen and oxygen atoms in total. The van der Waals surface area contributed by atoms with E-state index in [0.717, 1.165) is 33.4 Å². The Balaban J connectivity index is 1.28. The number of aromatic amines is 1. The molecule has 2 N–H and O–H groups in total. The topological polar surface area (TPSA) is 103 Å². The number of aromatic nitrogens is 2. The molecule has 4 atom stereocenters. The summed E-state index contributed by atoms with van der Waals surface area (Å²) < 4.78 is 22.7. The predicted molar refractivity (Wildman–Crippen MR) is 220 cm³/mol. The van der Waals surface area contributed by atoms with Gasteiger partial charge in [0.2, 0.25) is 0 Å². The summed E-state index contributed by atoms with van der Waals surface area (Å²) in [5, 5.41) is 12.6. The van der Waals surface area contributed by atoms with Crippen LogP contribution in [-0.2, 0) is 31.8 Å². The lowest BCUT2D eigenvalue weighted by Gasteiger charge is -2.40. The molecule has 1 aliphatic heterocycles. The Morgan fingerprint density at radius 2 is 0.965 bits per heavy atom. The van der Waals surface area contributed by atoms with E-state index < -0.39 is 47.0 Å². The third kappa shape index (κ3) is 7.09. The fraction of sp³-hybridized carbons (Fsp3) is 0.184. The standard InChI is InChI=1S/C49H44N2O6/c1-2-35-33-51(47(54)50-45(35)53)46-44(57-49(39-27-15-6-16-28-39,40-29-17-7-18-30-40)41-31-19-8-20-32-41)43(52)42(56-46)34-55-48(36-21-9-3-10-22-36,37-23-11-4-12-24-37)38-25-13-5-14-26-38/h3-33,42-44,46,52H,2,34H2,1H3,(H,50,53,54)/t42-,43-,44-,46-/m1/s1. The van der Waals surface area contributed by atoms with E-state index in [1.54, 1.807) is 0 Å². The molecule has 0 spiro atoms. The minimum absolute atomic E-state index is 0.0933. The minimum Gasteiger partial charge on any atom is -0.387 e. The van der Waals surface area contributed by atoms with E-state index >= 15 is 0 Å². The number of ether oxygens (including phenoxy) is 3. The lowest BCUT2D eigenvalue weighted by Crippen LogP contribution is -2.46. The van der Waals surface area contributed by atoms with Crippen LogP contribution in [0.1, 0.15) is 52.1 Å². The van der Waals surface area contributed by atoms with Gasteiger partial charge in [-0.15, -0.1) is 0 Å². The fourth-order valence-electron chi connectivity index (χ4n) is 8.08. The molecule has 0 amide bonds. The number of nitrogens with one attached hydrogen (secondary N) is 1. The largest absolute Gasteiger partial charge is 0.387 e. The highest BCUT2D eigenvalue weighted by Gasteiger charge is 2.52. The minimum atomic E-state index is -1.31. The van der Waals surface area contributed by atoms with E-state index in [4.69, 9.17) is 14.2 Å². The second kappa shape index (κ2) is 16.5. The molecule has 8 heteroatoms. The molecule has 286 valence electrons. The lowest BCUT2D eigenvalue weighted by atomic mass is 9.79. The first kappa shape index (κ1) is 37.7. The van der Waals surface area contributed by atoms with Gasteiger partial charge in [-0.05, 0) is 39.8 Å². The van der Waals surface area contributed by atoms with E-state index in [2.05, 4.69) is 4.98 Å². The van der Waals surface area contributed by atoms with Crippen LogP contribution in [0.25, 0.3) is 0 Å². The number of hydrogen-bond donors (Lipinski definition) is 2. The molecule has 57 heavy (non-hydrogen) atoms. The molecule has 7 aromatic rings. The van der Waals surface area contributed by atoms with Crippen molar-refractivity contribution in [1.82, 2.24) is 9.55 Å². The number of benzene rings is 6. The summed E-state index contributed by atoms with van der Waals surface area (Å²) in [6.07, 6.45) is -2.73. The zero-order valence-corrected chi connectivity index (χ0v) is 31.6. The zero-order valence-electron chi connectivity index (χ0n) is 31.6. The van der Waals surface area contributed by atoms with Gasteiger partial charge in [0.25, 0.3) is 5.56 Å². The van der Waals surface area contributed by atoms with Crippen LogP contribution >= 0.6 is 0 Å². The van der Waals surface area contributed by atoms with Crippen molar-refractivity contribution < 1.29 is 19.3 Å². The monoisotopic (exact) mass is 756 g/mol. The Morgan fingerprint density at radius 1 is 0.596 bits per heavy atom. The molecule has 0 radical (unpaired) electrons. The molecule has 1 aliphatic rings. The third-order valence-electron chi connectivity index (χ3n) is 10.9. The van der Waals surface area contributed by atoms with E-state index in [1.807, 2.05) is 189 Å². The first-order chi connectivity index (χ1) is 28.0. The Kier molecular flexibility index (Phi) is 10.9. The Hall–Kier alpha value is -6.16. The van der Waals surface area contributed by atoms with E-state index in [-0.39, 0.29) is 6.61 Å². The van der Waals surface area contributed by atoms with Crippen molar-refractivity contribution in [3.05, 3.63) is 248 Å². The molecular formula is C49H44N2O6. The van der Waals surface area contributed by atoms with Gasteiger partial charge in [0.1, 0.15) is 29.5 Å². The molecule has 8 rings (SSSR count). The van der Waals surface area contributed by atoms with Crippen LogP contribution in [0.15, 0.2) is 198 Å². The summed E-state index contributed by atoms with van der Waals surface area (Å²) in [6, 6.07) is 59.4. The van der Waals surface area contributed by atoms with Crippen molar-refractivity contribution in [2.24, 2.45) is 0 Å². The number of aryl methyl sites for hydroxylation is 1. The SMILES string of the molecule is CCc1cn([C@@H]2O[C@H](COC(c3ccccc3)(c3ccccc3)c3ccccc3)[C@@H](O)[C@H]2OC(c2ccccc2)(c2ccccc2)c2ccccc2)c(=O)[nH]c1=O. The molecule has 0 unspecified atom stereocenters. The number of nitrogens with zero attached hydrogens (tertiary/aromatic N) is 1. The van der Waals surface area contributed by atoms with Gasteiger partial charge in [-0.1, -0.05) is 189 Å². The van der Waals surface area contributed by atoms with E-state index in [9.17, 15) is 14.7 Å². The number of aliphatic hydroxyl groups excluding tert-OH is 1. The molecule has 0 saturated carbocycles. The molecule has 1 aromatic heterocycles. The second-order valence-electron chi connectivity index (χ2n) is 14.2. The highest BCUT2D eigenvalue weighted by atomic mass is 16.6. The molecule has 6 aromatic carbocycles. The van der Waals surface area contributed by atoms with Crippen molar-refractivity contribution in [2.45, 2.75) is 49.1 Å². The van der Waals surface area contributed by atoms with Gasteiger partial charge in [-0.3, -0.25) is 14.3 Å². The van der Waals surface area contributed by atoms with Gasteiger partial charge >= 0.3 is 5.69 Å². The van der Waals surface area contributed by atoms with Gasteiger partial charge in [-0.2, -0.15) is 0 Å². The normalized spacial score (nSPS) is 18.4. The van der Waals surface area contributed by atoms with Gasteiger partial charge in [0.15, 0.2) is 6.23 Å². The first-order valence-corrected chi connectivity index (χ1v) is 19.3. The van der Waals surface area contributed by atoms with Crippen LogP contribution in [0.2, 0.25) is 0 Å². The highest BCUT2D eigenvalue weighted by Crippen LogP contribution is 2.46. The highest BCUT2D eigenvalue weighted by molar-refractivity contribution is 5.49. The lowest BCUT2D eigenvalue weighted by molar-refractivity contribution is -0.125. The van der Waals surface area contributed by atoms with Gasteiger partial charge in [-0.25, -0.2) is 4.79 Å². The van der Waals surface area contributed by atoms with E-state index in [1.165, 1.54) is 10.8 Å². The molecule has 0 aliphatic carbocycles. The molecular weight excluding hydrogens is 713 g/mol. The maximum Gasteiger partial charge on any atom is 0.330 e. The predicted octanol–water partition coefficient (Wildman–Crippen LogP) is 7.74. The Labute approximate surface area is 331 Å². The second-order valence-corrected chi connectivity index (χ2v) is 14.2. The van der Waals surface area contributed by atoms with Crippen molar-refractivity contribution in [1.29, 1.82) is 0 Å². The number of H-pyrrole nitrogens is 1. The van der Waals surface area contributed by atoms with Crippen molar-refractivity contribution in [3.8, 4) is 0 Å². The molecule has 2 heterocycles. The van der Waals surface area contributed by atoms with E-state index in [0.29, 0.717) is 12.0 Å². The van der Waals surface area contributed by atoms with Crippen LogP contribution in [-0.4, -0.2) is 39.6 Å². The van der Waals surface area contributed by atoms with Crippen molar-refractivity contribution in [2.75, 3.05) is 6.61 Å². The summed E-state index contributed by atoms with van der Waals surface area (Å²) in [7, 11) is 0. The quantitative estimate of drug-likeness (QED) is 0.117. The Morgan fingerprint density at radius 3 is 1.33 bits per heavy atom. The molecule has 0 bridgehead atoms. The van der Waals surface area contributed by atoms with Gasteiger partial charge in [0.05, 0.1) is 6.61 Å². The summed E-state index contributed by atoms with van der Waals surface area (Å²) in [4.78, 5) is 29.1. The number of aliphatic hydroxyl groups is 1. The fourth-order valence-corrected chi connectivity index (χ4v) is 8.08. The summed E-state index contributed by atoms with van der Waals surface area (Å²) in [5.74, 6) is 0. The van der Waals surface area contributed by atoms with Crippen LogP contribution in [0, 0.1) is 0 Å². The van der Waals surface area contributed by atoms with Crippen LogP contribution in [0.3, 0.4) is 0 Å². The maximum absolute atomic E-state index is 13.8. The third-order valence-corrected chi connectivity index (χ3v) is 10.9. The van der Waals surface area contributed by atoms with Crippen LogP contribution in [0.5, 0.6) is 0 Å². The average molecular weight is 757 g/mol. The summed E-state index contributed by atoms with van der Waals surface area (Å²) in [6.45, 7) is 1.75. The summed E-state index contributed by atoms with van der Waals surface area (Å²) in [5.41, 5.74) is 1.97. The molecule has 1 saturated heterocycles.